The summed E-state index contributed by atoms with van der Waals surface area (Å²) in [7, 11) is 0. The molecule has 150 valence electrons. The van der Waals surface area contributed by atoms with Crippen LogP contribution in [0.25, 0.3) is 0 Å². The van der Waals surface area contributed by atoms with Gasteiger partial charge in [-0.3, -0.25) is 14.4 Å². The second kappa shape index (κ2) is 8.22. The molecule has 0 unspecified atom stereocenters. The minimum Gasteiger partial charge on any atom is -0.486 e. The maximum absolute atomic E-state index is 12.6. The summed E-state index contributed by atoms with van der Waals surface area (Å²) >= 11 is 0. The van der Waals surface area contributed by atoms with Gasteiger partial charge in [0.15, 0.2) is 11.5 Å². The lowest BCUT2D eigenvalue weighted by atomic mass is 10.1. The standard InChI is InChI=1S/C21H21N3O5/c25-14-23-7-9-24(10-8-23)21(27)16-3-1-15(2-4-16)20(26)22-17-5-6-18-19(13-17)29-12-11-28-18/h1-6,13-14H,7-12H2,(H,22,26). The van der Waals surface area contributed by atoms with E-state index in [2.05, 4.69) is 5.32 Å². The Labute approximate surface area is 168 Å². The van der Waals surface area contributed by atoms with Crippen molar-refractivity contribution in [1.82, 2.24) is 9.80 Å². The van der Waals surface area contributed by atoms with Crippen LogP contribution in [0.1, 0.15) is 20.7 Å². The molecular weight excluding hydrogens is 374 g/mol. The van der Waals surface area contributed by atoms with E-state index in [1.807, 2.05) is 0 Å². The summed E-state index contributed by atoms with van der Waals surface area (Å²) in [6, 6.07) is 11.8. The van der Waals surface area contributed by atoms with Gasteiger partial charge in [-0.1, -0.05) is 0 Å². The molecule has 29 heavy (non-hydrogen) atoms. The first-order valence-electron chi connectivity index (χ1n) is 9.44. The molecule has 2 aliphatic heterocycles. The average Bonchev–Trinajstić information content (AvgIpc) is 2.78. The van der Waals surface area contributed by atoms with Crippen molar-refractivity contribution in [2.75, 3.05) is 44.7 Å². The molecule has 0 atom stereocenters. The highest BCUT2D eigenvalue weighted by Gasteiger charge is 2.21. The van der Waals surface area contributed by atoms with Crippen LogP contribution in [0.3, 0.4) is 0 Å². The number of piperazine rings is 1. The first-order valence-corrected chi connectivity index (χ1v) is 9.44. The number of anilines is 1. The van der Waals surface area contributed by atoms with E-state index in [1.165, 1.54) is 0 Å². The number of nitrogens with zero attached hydrogens (tertiary/aromatic N) is 2. The summed E-state index contributed by atoms with van der Waals surface area (Å²) in [4.78, 5) is 39.3. The summed E-state index contributed by atoms with van der Waals surface area (Å²) in [5.41, 5.74) is 1.56. The van der Waals surface area contributed by atoms with Crippen LogP contribution in [0.15, 0.2) is 42.5 Å². The molecule has 8 nitrogen and oxygen atoms in total. The molecule has 0 saturated carbocycles. The lowest BCUT2D eigenvalue weighted by Crippen LogP contribution is -2.48. The molecule has 0 bridgehead atoms. The van der Waals surface area contributed by atoms with E-state index in [-0.39, 0.29) is 11.8 Å². The Kier molecular flexibility index (Phi) is 5.33. The highest BCUT2D eigenvalue weighted by molar-refractivity contribution is 6.05. The third-order valence-corrected chi connectivity index (χ3v) is 4.94. The first kappa shape index (κ1) is 18.8. The number of carbonyl (C=O) groups is 3. The van der Waals surface area contributed by atoms with Gasteiger partial charge in [0.2, 0.25) is 6.41 Å². The SMILES string of the molecule is O=CN1CCN(C(=O)c2ccc(C(=O)Nc3ccc4c(c3)OCCO4)cc2)CC1. The molecule has 0 aliphatic carbocycles. The normalized spacial score (nSPS) is 15.6. The van der Waals surface area contributed by atoms with Gasteiger partial charge in [0.1, 0.15) is 13.2 Å². The van der Waals surface area contributed by atoms with Crippen molar-refractivity contribution in [2.45, 2.75) is 0 Å². The fraction of sp³-hybridized carbons (Fsp3) is 0.286. The van der Waals surface area contributed by atoms with E-state index in [4.69, 9.17) is 9.47 Å². The molecule has 2 aromatic carbocycles. The van der Waals surface area contributed by atoms with Crippen molar-refractivity contribution in [1.29, 1.82) is 0 Å². The third-order valence-electron chi connectivity index (χ3n) is 4.94. The summed E-state index contributed by atoms with van der Waals surface area (Å²) in [6.45, 7) is 3.06. The third kappa shape index (κ3) is 4.16. The summed E-state index contributed by atoms with van der Waals surface area (Å²) in [5, 5.41) is 2.82. The van der Waals surface area contributed by atoms with Crippen molar-refractivity contribution in [3.8, 4) is 11.5 Å². The zero-order valence-corrected chi connectivity index (χ0v) is 15.8. The largest absolute Gasteiger partial charge is 0.486 e. The van der Waals surface area contributed by atoms with Gasteiger partial charge < -0.3 is 24.6 Å². The van der Waals surface area contributed by atoms with Crippen molar-refractivity contribution in [3.63, 3.8) is 0 Å². The molecule has 2 aromatic rings. The summed E-state index contributed by atoms with van der Waals surface area (Å²) < 4.78 is 11.0. The zero-order valence-electron chi connectivity index (χ0n) is 15.8. The van der Waals surface area contributed by atoms with Gasteiger partial charge in [0.05, 0.1) is 0 Å². The van der Waals surface area contributed by atoms with Crippen LogP contribution in [-0.4, -0.2) is 67.4 Å². The van der Waals surface area contributed by atoms with Gasteiger partial charge in [0, 0.05) is 49.1 Å². The van der Waals surface area contributed by atoms with Gasteiger partial charge in [0.25, 0.3) is 11.8 Å². The lowest BCUT2D eigenvalue weighted by Gasteiger charge is -2.32. The molecule has 2 aliphatic rings. The van der Waals surface area contributed by atoms with E-state index < -0.39 is 0 Å². The van der Waals surface area contributed by atoms with Crippen molar-refractivity contribution in [2.24, 2.45) is 0 Å². The molecular formula is C21H21N3O5. The monoisotopic (exact) mass is 395 g/mol. The zero-order chi connectivity index (χ0) is 20.2. The van der Waals surface area contributed by atoms with E-state index in [0.29, 0.717) is 67.7 Å². The number of ether oxygens (including phenoxy) is 2. The quantitative estimate of drug-likeness (QED) is 0.795. The number of nitrogens with one attached hydrogen (secondary N) is 1. The highest BCUT2D eigenvalue weighted by atomic mass is 16.6. The van der Waals surface area contributed by atoms with Crippen LogP contribution in [0.4, 0.5) is 5.69 Å². The number of hydrogen-bond donors (Lipinski definition) is 1. The fourth-order valence-corrected chi connectivity index (χ4v) is 3.30. The van der Waals surface area contributed by atoms with Gasteiger partial charge in [-0.15, -0.1) is 0 Å². The Hall–Kier alpha value is -3.55. The Bertz CT molecular complexity index is 920. The van der Waals surface area contributed by atoms with Gasteiger partial charge in [-0.2, -0.15) is 0 Å². The second-order valence-electron chi connectivity index (χ2n) is 6.82. The lowest BCUT2D eigenvalue weighted by molar-refractivity contribution is -0.119. The molecule has 4 rings (SSSR count). The summed E-state index contributed by atoms with van der Waals surface area (Å²) in [5.74, 6) is 0.880. The van der Waals surface area contributed by atoms with E-state index in [1.54, 1.807) is 52.3 Å². The molecule has 2 heterocycles. The number of hydrogen-bond acceptors (Lipinski definition) is 5. The molecule has 0 radical (unpaired) electrons. The predicted octanol–water partition coefficient (Wildman–Crippen LogP) is 1.62. The Morgan fingerprint density at radius 1 is 0.862 bits per heavy atom. The van der Waals surface area contributed by atoms with Gasteiger partial charge >= 0.3 is 0 Å². The van der Waals surface area contributed by atoms with E-state index >= 15 is 0 Å². The van der Waals surface area contributed by atoms with Crippen LogP contribution >= 0.6 is 0 Å². The Morgan fingerprint density at radius 3 is 2.21 bits per heavy atom. The molecule has 0 spiro atoms. The van der Waals surface area contributed by atoms with Crippen LogP contribution in [-0.2, 0) is 4.79 Å². The number of benzene rings is 2. The van der Waals surface area contributed by atoms with Crippen molar-refractivity contribution < 1.29 is 23.9 Å². The average molecular weight is 395 g/mol. The van der Waals surface area contributed by atoms with Crippen LogP contribution in [0.2, 0.25) is 0 Å². The Balaban J connectivity index is 1.39. The van der Waals surface area contributed by atoms with Crippen LogP contribution < -0.4 is 14.8 Å². The van der Waals surface area contributed by atoms with Crippen molar-refractivity contribution >= 4 is 23.9 Å². The minimum atomic E-state index is -0.278. The maximum atomic E-state index is 12.6. The molecule has 8 heteroatoms. The smallest absolute Gasteiger partial charge is 0.255 e. The van der Waals surface area contributed by atoms with Crippen molar-refractivity contribution in [3.05, 3.63) is 53.6 Å². The minimum absolute atomic E-state index is 0.102. The first-order chi connectivity index (χ1) is 14.1. The van der Waals surface area contributed by atoms with Crippen LogP contribution in [0.5, 0.6) is 11.5 Å². The topological polar surface area (TPSA) is 88.2 Å². The van der Waals surface area contributed by atoms with Crippen LogP contribution in [0, 0.1) is 0 Å². The number of amides is 3. The van der Waals surface area contributed by atoms with Gasteiger partial charge in [-0.05, 0) is 36.4 Å². The molecule has 1 fully saturated rings. The van der Waals surface area contributed by atoms with E-state index in [0.717, 1.165) is 6.41 Å². The molecule has 1 saturated heterocycles. The van der Waals surface area contributed by atoms with E-state index in [9.17, 15) is 14.4 Å². The predicted molar refractivity (Wildman–Crippen MR) is 105 cm³/mol. The summed E-state index contributed by atoms with van der Waals surface area (Å²) in [6.07, 6.45) is 0.803. The molecule has 3 amide bonds. The van der Waals surface area contributed by atoms with Gasteiger partial charge in [-0.25, -0.2) is 0 Å². The highest BCUT2D eigenvalue weighted by Crippen LogP contribution is 2.32. The number of carbonyl (C=O) groups excluding carboxylic acids is 3. The molecule has 1 N–H and O–H groups in total. The number of fused-ring (bicyclic) bond motifs is 1. The second-order valence-corrected chi connectivity index (χ2v) is 6.82. The maximum Gasteiger partial charge on any atom is 0.255 e. The Morgan fingerprint density at radius 2 is 1.52 bits per heavy atom. The molecule has 0 aromatic heterocycles. The number of rotatable bonds is 4. The fourth-order valence-electron chi connectivity index (χ4n) is 3.30.